The lowest BCUT2D eigenvalue weighted by Gasteiger charge is -2.54. The van der Waals surface area contributed by atoms with Crippen LogP contribution in [0.25, 0.3) is 0 Å². The average Bonchev–Trinajstić information content (AvgIpc) is 3.02. The summed E-state index contributed by atoms with van der Waals surface area (Å²) in [6.45, 7) is 12.0. The Morgan fingerprint density at radius 3 is 2.23 bits per heavy atom. The maximum absolute atomic E-state index is 11.0. The van der Waals surface area contributed by atoms with Crippen LogP contribution in [-0.2, 0) is 0 Å². The zero-order valence-electron chi connectivity index (χ0n) is 20.2. The molecule has 3 fully saturated rings. The molecular formula is C27H48O3. The monoisotopic (exact) mass is 420 g/mol. The summed E-state index contributed by atoms with van der Waals surface area (Å²) in [7, 11) is 0. The standard InChI is InChI=1S/C27H48O3/c1-18(2)7-6-8-19(3)22-9-10-23-21(13-16-28)24(12-15-26(22,23)4)27(5)14-11-20(29)17-25(27)30/h13,18-20,22-25,28-30H,6-12,14-17H2,1-5H3/b21-13-/t19-,20+,22-,23?,24?,25+,26-,27-/m1/s1. The molecule has 3 aliphatic carbocycles. The first-order valence-electron chi connectivity index (χ1n) is 12.8. The molecule has 0 amide bonds. The number of fused-ring (bicyclic) bond motifs is 1. The fourth-order valence-electron chi connectivity index (χ4n) is 7.82. The highest BCUT2D eigenvalue weighted by atomic mass is 16.3. The molecule has 0 radical (unpaired) electrons. The van der Waals surface area contributed by atoms with Crippen LogP contribution in [-0.4, -0.2) is 34.1 Å². The number of rotatable bonds is 7. The van der Waals surface area contributed by atoms with E-state index in [0.717, 1.165) is 37.0 Å². The van der Waals surface area contributed by atoms with Gasteiger partial charge in [-0.05, 0) is 80.0 Å². The molecule has 3 nitrogen and oxygen atoms in total. The summed E-state index contributed by atoms with van der Waals surface area (Å²) in [5, 5.41) is 30.9. The van der Waals surface area contributed by atoms with Gasteiger partial charge >= 0.3 is 0 Å². The summed E-state index contributed by atoms with van der Waals surface area (Å²) < 4.78 is 0. The molecule has 30 heavy (non-hydrogen) atoms. The average molecular weight is 421 g/mol. The van der Waals surface area contributed by atoms with Crippen molar-refractivity contribution in [3.63, 3.8) is 0 Å². The van der Waals surface area contributed by atoms with Crippen LogP contribution < -0.4 is 0 Å². The Morgan fingerprint density at radius 2 is 1.60 bits per heavy atom. The summed E-state index contributed by atoms with van der Waals surface area (Å²) in [4.78, 5) is 0. The van der Waals surface area contributed by atoms with Gasteiger partial charge in [-0.1, -0.05) is 65.5 Å². The predicted molar refractivity (Wildman–Crippen MR) is 124 cm³/mol. The summed E-state index contributed by atoms with van der Waals surface area (Å²) >= 11 is 0. The van der Waals surface area contributed by atoms with E-state index in [9.17, 15) is 15.3 Å². The van der Waals surface area contributed by atoms with Crippen molar-refractivity contribution in [3.05, 3.63) is 11.6 Å². The zero-order chi connectivity index (χ0) is 22.1. The van der Waals surface area contributed by atoms with E-state index in [1.807, 2.05) is 0 Å². The zero-order valence-corrected chi connectivity index (χ0v) is 20.2. The Balaban J connectivity index is 1.79. The fourth-order valence-corrected chi connectivity index (χ4v) is 7.82. The fraction of sp³-hybridized carbons (Fsp3) is 0.926. The smallest absolute Gasteiger partial charge is 0.0624 e. The van der Waals surface area contributed by atoms with Crippen LogP contribution in [0.5, 0.6) is 0 Å². The van der Waals surface area contributed by atoms with Gasteiger partial charge in [0.2, 0.25) is 0 Å². The van der Waals surface area contributed by atoms with Crippen LogP contribution in [0.15, 0.2) is 11.6 Å². The highest BCUT2D eigenvalue weighted by Gasteiger charge is 2.56. The summed E-state index contributed by atoms with van der Waals surface area (Å²) in [6.07, 6.45) is 12.3. The number of allylic oxidation sites excluding steroid dienone is 1. The molecule has 0 bridgehead atoms. The van der Waals surface area contributed by atoms with Gasteiger partial charge in [0, 0.05) is 5.41 Å². The van der Waals surface area contributed by atoms with Gasteiger partial charge in [0.1, 0.15) is 0 Å². The molecule has 3 saturated carbocycles. The lowest BCUT2D eigenvalue weighted by atomic mass is 9.51. The lowest BCUT2D eigenvalue weighted by Crippen LogP contribution is -2.50. The Kier molecular flexibility index (Phi) is 7.79. The van der Waals surface area contributed by atoms with Crippen LogP contribution in [0.3, 0.4) is 0 Å². The van der Waals surface area contributed by atoms with Gasteiger partial charge in [0.15, 0.2) is 0 Å². The molecule has 174 valence electrons. The lowest BCUT2D eigenvalue weighted by molar-refractivity contribution is -0.0856. The van der Waals surface area contributed by atoms with Gasteiger partial charge in [-0.15, -0.1) is 0 Å². The normalized spacial score (nSPS) is 44.4. The quantitative estimate of drug-likeness (QED) is 0.461. The van der Waals surface area contributed by atoms with Gasteiger partial charge in [-0.25, -0.2) is 0 Å². The third-order valence-electron chi connectivity index (χ3n) is 9.71. The second-order valence-corrected chi connectivity index (χ2v) is 12.0. The van der Waals surface area contributed by atoms with Gasteiger partial charge in [-0.3, -0.25) is 0 Å². The molecule has 8 atom stereocenters. The molecule has 3 heteroatoms. The molecule has 0 aromatic heterocycles. The van der Waals surface area contributed by atoms with Crippen LogP contribution in [0, 0.1) is 40.4 Å². The highest BCUT2D eigenvalue weighted by Crippen LogP contribution is 2.64. The van der Waals surface area contributed by atoms with E-state index in [1.165, 1.54) is 44.1 Å². The third-order valence-corrected chi connectivity index (χ3v) is 9.71. The van der Waals surface area contributed by atoms with Gasteiger partial charge in [-0.2, -0.15) is 0 Å². The van der Waals surface area contributed by atoms with E-state index in [2.05, 4.69) is 40.7 Å². The van der Waals surface area contributed by atoms with Crippen molar-refractivity contribution in [3.8, 4) is 0 Å². The Bertz CT molecular complexity index is 599. The van der Waals surface area contributed by atoms with Crippen molar-refractivity contribution in [1.29, 1.82) is 0 Å². The molecule has 3 N–H and O–H groups in total. The van der Waals surface area contributed by atoms with Gasteiger partial charge in [0.25, 0.3) is 0 Å². The first-order valence-corrected chi connectivity index (χ1v) is 12.8. The maximum atomic E-state index is 11.0. The Labute approximate surface area is 185 Å². The van der Waals surface area contributed by atoms with E-state index in [0.29, 0.717) is 23.7 Å². The molecule has 0 spiro atoms. The van der Waals surface area contributed by atoms with E-state index < -0.39 is 6.10 Å². The van der Waals surface area contributed by atoms with Crippen molar-refractivity contribution >= 4 is 0 Å². The van der Waals surface area contributed by atoms with Gasteiger partial charge in [0.05, 0.1) is 18.8 Å². The van der Waals surface area contributed by atoms with Crippen molar-refractivity contribution in [2.45, 2.75) is 111 Å². The number of aliphatic hydroxyl groups is 3. The van der Waals surface area contributed by atoms with Crippen molar-refractivity contribution in [1.82, 2.24) is 0 Å². The summed E-state index contributed by atoms with van der Waals surface area (Å²) in [5.74, 6) is 3.19. The molecule has 0 aliphatic heterocycles. The first kappa shape index (κ1) is 24.3. The third kappa shape index (κ3) is 4.55. The molecular weight excluding hydrogens is 372 g/mol. The van der Waals surface area contributed by atoms with Crippen LogP contribution in [0.4, 0.5) is 0 Å². The highest BCUT2D eigenvalue weighted by molar-refractivity contribution is 5.25. The second kappa shape index (κ2) is 9.63. The van der Waals surface area contributed by atoms with E-state index in [4.69, 9.17) is 0 Å². The van der Waals surface area contributed by atoms with Crippen LogP contribution >= 0.6 is 0 Å². The van der Waals surface area contributed by atoms with Crippen molar-refractivity contribution in [2.75, 3.05) is 6.61 Å². The molecule has 2 unspecified atom stereocenters. The van der Waals surface area contributed by atoms with E-state index in [1.54, 1.807) is 0 Å². The minimum absolute atomic E-state index is 0.0990. The van der Waals surface area contributed by atoms with E-state index in [-0.39, 0.29) is 18.1 Å². The molecule has 0 saturated heterocycles. The topological polar surface area (TPSA) is 60.7 Å². The number of hydrogen-bond donors (Lipinski definition) is 3. The maximum Gasteiger partial charge on any atom is 0.0624 e. The summed E-state index contributed by atoms with van der Waals surface area (Å²) in [5.41, 5.74) is 1.58. The molecule has 3 rings (SSSR count). The molecule has 0 aromatic carbocycles. The number of aliphatic hydroxyl groups excluding tert-OH is 3. The Hall–Kier alpha value is -0.380. The summed E-state index contributed by atoms with van der Waals surface area (Å²) in [6, 6.07) is 0. The predicted octanol–water partition coefficient (Wildman–Crippen LogP) is 5.72. The first-order chi connectivity index (χ1) is 14.1. The van der Waals surface area contributed by atoms with Crippen LogP contribution in [0.1, 0.15) is 98.8 Å². The minimum atomic E-state index is -0.454. The second-order valence-electron chi connectivity index (χ2n) is 12.0. The van der Waals surface area contributed by atoms with Crippen LogP contribution in [0.2, 0.25) is 0 Å². The molecule has 3 aliphatic rings. The van der Waals surface area contributed by atoms with E-state index >= 15 is 0 Å². The molecule has 0 heterocycles. The van der Waals surface area contributed by atoms with Gasteiger partial charge < -0.3 is 15.3 Å². The minimum Gasteiger partial charge on any atom is -0.393 e. The largest absolute Gasteiger partial charge is 0.393 e. The number of hydrogen-bond acceptors (Lipinski definition) is 3. The Morgan fingerprint density at radius 1 is 0.933 bits per heavy atom. The van der Waals surface area contributed by atoms with Crippen molar-refractivity contribution in [2.24, 2.45) is 40.4 Å². The van der Waals surface area contributed by atoms with Crippen molar-refractivity contribution < 1.29 is 15.3 Å². The molecule has 0 aromatic rings. The SMILES string of the molecule is CC(C)CCC[C@@H](C)[C@H]1CCC2/C(=C/CO)C([C@@]3(C)CC[C@H](O)C[C@@H]3O)CC[C@@]21C.